The summed E-state index contributed by atoms with van der Waals surface area (Å²) in [7, 11) is -3.74. The average Bonchev–Trinajstić information content (AvgIpc) is 2.56. The van der Waals surface area contributed by atoms with Gasteiger partial charge in [-0.3, -0.25) is 4.79 Å². The van der Waals surface area contributed by atoms with E-state index in [0.29, 0.717) is 10.8 Å². The largest absolute Gasteiger partial charge is 0.481 e. The number of hydrogen-bond donors (Lipinski definition) is 2. The van der Waals surface area contributed by atoms with E-state index in [1.165, 1.54) is 12.1 Å². The number of ether oxygens (including phenoxy) is 1. The molecule has 0 bridgehead atoms. The number of sulfonamides is 1. The molecule has 25 heavy (non-hydrogen) atoms. The molecular formula is C17H19ClN2O4S. The lowest BCUT2D eigenvalue weighted by molar-refractivity contribution is -0.127. The first kappa shape index (κ1) is 19.2. The molecule has 0 aliphatic heterocycles. The number of carbonyl (C=O) groups is 1. The molecule has 0 saturated carbocycles. The highest BCUT2D eigenvalue weighted by Gasteiger charge is 2.18. The molecule has 3 N–H and O–H groups in total. The molecule has 134 valence electrons. The molecule has 0 aliphatic rings. The van der Waals surface area contributed by atoms with Gasteiger partial charge in [0.1, 0.15) is 5.75 Å². The summed E-state index contributed by atoms with van der Waals surface area (Å²) in [6.07, 6.45) is -0.702. The van der Waals surface area contributed by atoms with E-state index in [1.807, 2.05) is 0 Å². The fraction of sp³-hybridized carbons (Fsp3) is 0.235. The van der Waals surface area contributed by atoms with Crippen LogP contribution in [-0.4, -0.2) is 20.4 Å². The van der Waals surface area contributed by atoms with Crippen LogP contribution in [0, 0.1) is 0 Å². The van der Waals surface area contributed by atoms with Crippen LogP contribution in [0.2, 0.25) is 5.02 Å². The van der Waals surface area contributed by atoms with Gasteiger partial charge >= 0.3 is 0 Å². The molecule has 8 heteroatoms. The van der Waals surface area contributed by atoms with Crippen LogP contribution in [0.15, 0.2) is 53.4 Å². The Hall–Kier alpha value is -2.09. The molecule has 2 aromatic rings. The fourth-order valence-corrected chi connectivity index (χ4v) is 2.77. The highest BCUT2D eigenvalue weighted by molar-refractivity contribution is 7.89. The maximum absolute atomic E-state index is 12.2. The van der Waals surface area contributed by atoms with Crippen LogP contribution in [0.5, 0.6) is 5.75 Å². The van der Waals surface area contributed by atoms with E-state index in [2.05, 4.69) is 5.32 Å². The zero-order chi connectivity index (χ0) is 18.6. The lowest BCUT2D eigenvalue weighted by Gasteiger charge is -2.19. The number of halogens is 1. The first-order valence-electron chi connectivity index (χ1n) is 7.52. The molecule has 2 atom stereocenters. The van der Waals surface area contributed by atoms with E-state index in [1.54, 1.807) is 50.2 Å². The lowest BCUT2D eigenvalue weighted by atomic mass is 10.1. The van der Waals surface area contributed by atoms with Crippen molar-refractivity contribution in [2.75, 3.05) is 0 Å². The highest BCUT2D eigenvalue weighted by Crippen LogP contribution is 2.18. The number of primary sulfonamides is 1. The molecule has 0 fully saturated rings. The minimum absolute atomic E-state index is 0.0224. The van der Waals surface area contributed by atoms with Gasteiger partial charge < -0.3 is 10.1 Å². The first-order valence-corrected chi connectivity index (χ1v) is 9.44. The van der Waals surface area contributed by atoms with Gasteiger partial charge in [-0.2, -0.15) is 0 Å². The van der Waals surface area contributed by atoms with E-state index in [-0.39, 0.29) is 16.8 Å². The number of rotatable bonds is 6. The standard InChI is InChI=1S/C17H19ClN2O4S/c1-11(13-3-9-16(10-4-13)25(19,22)23)20-17(21)12(2)24-15-7-5-14(18)6-8-15/h3-12H,1-2H3,(H,20,21)(H2,19,22,23). The lowest BCUT2D eigenvalue weighted by Crippen LogP contribution is -2.37. The molecule has 2 aromatic carbocycles. The SMILES string of the molecule is CC(Oc1ccc(Cl)cc1)C(=O)NC(C)c1ccc(S(N)(=O)=O)cc1. The third-order valence-corrected chi connectivity index (χ3v) is 4.74. The first-order chi connectivity index (χ1) is 11.7. The minimum atomic E-state index is -3.74. The van der Waals surface area contributed by atoms with E-state index >= 15 is 0 Å². The van der Waals surface area contributed by atoms with Crippen molar-refractivity contribution in [3.8, 4) is 5.75 Å². The van der Waals surface area contributed by atoms with E-state index < -0.39 is 16.1 Å². The molecule has 6 nitrogen and oxygen atoms in total. The number of benzene rings is 2. The van der Waals surface area contributed by atoms with E-state index in [4.69, 9.17) is 21.5 Å². The summed E-state index contributed by atoms with van der Waals surface area (Å²) < 4.78 is 28.1. The fourth-order valence-electron chi connectivity index (χ4n) is 2.13. The Bertz CT molecular complexity index is 836. The number of amides is 1. The summed E-state index contributed by atoms with van der Waals surface area (Å²) >= 11 is 5.81. The summed E-state index contributed by atoms with van der Waals surface area (Å²) in [5.74, 6) is 0.246. The van der Waals surface area contributed by atoms with Gasteiger partial charge in [-0.1, -0.05) is 23.7 Å². The number of carbonyl (C=O) groups excluding carboxylic acids is 1. The summed E-state index contributed by atoms with van der Waals surface area (Å²) in [5.41, 5.74) is 0.749. The van der Waals surface area contributed by atoms with Gasteiger partial charge in [-0.25, -0.2) is 13.6 Å². The van der Waals surface area contributed by atoms with Crippen molar-refractivity contribution in [1.29, 1.82) is 0 Å². The molecule has 0 saturated heterocycles. The monoisotopic (exact) mass is 382 g/mol. The number of hydrogen-bond acceptors (Lipinski definition) is 4. The molecule has 1 amide bonds. The van der Waals surface area contributed by atoms with Crippen molar-refractivity contribution in [2.45, 2.75) is 30.9 Å². The normalized spacial score (nSPS) is 13.8. The number of nitrogens with two attached hydrogens (primary N) is 1. The Labute approximate surface area is 152 Å². The van der Waals surface area contributed by atoms with Crippen LogP contribution < -0.4 is 15.2 Å². The van der Waals surface area contributed by atoms with Gasteiger partial charge in [-0.15, -0.1) is 0 Å². The highest BCUT2D eigenvalue weighted by atomic mass is 35.5. The van der Waals surface area contributed by atoms with Crippen LogP contribution in [0.3, 0.4) is 0 Å². The summed E-state index contributed by atoms with van der Waals surface area (Å²) in [6.45, 7) is 3.43. The zero-order valence-corrected chi connectivity index (χ0v) is 15.3. The van der Waals surface area contributed by atoms with Crippen molar-refractivity contribution < 1.29 is 17.9 Å². The summed E-state index contributed by atoms with van der Waals surface area (Å²) in [4.78, 5) is 12.3. The van der Waals surface area contributed by atoms with Crippen LogP contribution in [0.4, 0.5) is 0 Å². The topological polar surface area (TPSA) is 98.5 Å². The Kier molecular flexibility index (Phi) is 6.05. The van der Waals surface area contributed by atoms with Crippen LogP contribution in [0.1, 0.15) is 25.5 Å². The van der Waals surface area contributed by atoms with Crippen molar-refractivity contribution in [3.63, 3.8) is 0 Å². The molecule has 0 spiro atoms. The second-order valence-corrected chi connectivity index (χ2v) is 7.56. The maximum Gasteiger partial charge on any atom is 0.261 e. The Balaban J connectivity index is 1.97. The molecule has 0 heterocycles. The molecule has 2 rings (SSSR count). The van der Waals surface area contributed by atoms with Gasteiger partial charge in [-0.05, 0) is 55.8 Å². The predicted molar refractivity (Wildman–Crippen MR) is 95.9 cm³/mol. The smallest absolute Gasteiger partial charge is 0.261 e. The maximum atomic E-state index is 12.2. The second-order valence-electron chi connectivity index (χ2n) is 5.56. The van der Waals surface area contributed by atoms with Gasteiger partial charge in [0, 0.05) is 5.02 Å². The van der Waals surface area contributed by atoms with Crippen LogP contribution >= 0.6 is 11.6 Å². The third-order valence-electron chi connectivity index (χ3n) is 3.56. The van der Waals surface area contributed by atoms with Gasteiger partial charge in [0.25, 0.3) is 5.91 Å². The molecule has 2 unspecified atom stereocenters. The van der Waals surface area contributed by atoms with Gasteiger partial charge in [0.05, 0.1) is 10.9 Å². The summed E-state index contributed by atoms with van der Waals surface area (Å²) in [6, 6.07) is 12.4. The molecular weight excluding hydrogens is 364 g/mol. The van der Waals surface area contributed by atoms with Gasteiger partial charge in [0.2, 0.25) is 10.0 Å². The van der Waals surface area contributed by atoms with Crippen LogP contribution in [0.25, 0.3) is 0 Å². The van der Waals surface area contributed by atoms with Crippen LogP contribution in [-0.2, 0) is 14.8 Å². The minimum Gasteiger partial charge on any atom is -0.481 e. The van der Waals surface area contributed by atoms with Crippen molar-refractivity contribution in [1.82, 2.24) is 5.32 Å². The number of nitrogens with one attached hydrogen (secondary N) is 1. The Morgan fingerprint density at radius 3 is 2.16 bits per heavy atom. The Morgan fingerprint density at radius 2 is 1.64 bits per heavy atom. The van der Waals surface area contributed by atoms with Crippen molar-refractivity contribution in [2.24, 2.45) is 5.14 Å². The Morgan fingerprint density at radius 1 is 1.08 bits per heavy atom. The van der Waals surface area contributed by atoms with Crippen molar-refractivity contribution >= 4 is 27.5 Å². The molecule has 0 aromatic heterocycles. The quantitative estimate of drug-likeness (QED) is 0.802. The van der Waals surface area contributed by atoms with E-state index in [0.717, 1.165) is 5.56 Å². The summed E-state index contributed by atoms with van der Waals surface area (Å²) in [5, 5.41) is 8.46. The van der Waals surface area contributed by atoms with Crippen molar-refractivity contribution in [3.05, 3.63) is 59.1 Å². The zero-order valence-electron chi connectivity index (χ0n) is 13.8. The third kappa shape index (κ3) is 5.45. The second kappa shape index (κ2) is 7.86. The average molecular weight is 383 g/mol. The van der Waals surface area contributed by atoms with E-state index in [9.17, 15) is 13.2 Å². The predicted octanol–water partition coefficient (Wildman–Crippen LogP) is 2.63. The van der Waals surface area contributed by atoms with Gasteiger partial charge in [0.15, 0.2) is 6.10 Å². The molecule has 0 radical (unpaired) electrons. The molecule has 0 aliphatic carbocycles.